The largest absolute Gasteiger partial charge is 0.437 e. The van der Waals surface area contributed by atoms with Gasteiger partial charge in [0.05, 0.1) is 5.41 Å². The molecule has 0 aliphatic carbocycles. The first kappa shape index (κ1) is 17.7. The summed E-state index contributed by atoms with van der Waals surface area (Å²) in [5, 5.41) is 1.12. The topological polar surface area (TPSA) is 68.3 Å². The van der Waals surface area contributed by atoms with E-state index in [0.717, 1.165) is 16.5 Å². The molecule has 0 fully saturated rings. The van der Waals surface area contributed by atoms with Crippen molar-refractivity contribution in [3.8, 4) is 11.6 Å². The van der Waals surface area contributed by atoms with E-state index in [1.807, 2.05) is 49.4 Å². The van der Waals surface area contributed by atoms with Crippen molar-refractivity contribution in [1.82, 2.24) is 4.98 Å². The van der Waals surface area contributed by atoms with Crippen molar-refractivity contribution < 1.29 is 13.2 Å². The van der Waals surface area contributed by atoms with Crippen LogP contribution in [-0.2, 0) is 10.0 Å². The Morgan fingerprint density at radius 1 is 0.962 bits per heavy atom. The van der Waals surface area contributed by atoms with Gasteiger partial charge in [-0.25, -0.2) is 13.4 Å². The lowest BCUT2D eigenvalue weighted by atomic mass is 10.2. The summed E-state index contributed by atoms with van der Waals surface area (Å²) in [5.74, 6) is 0.757. The van der Waals surface area contributed by atoms with Crippen LogP contribution in [0.15, 0.2) is 78.3 Å². The number of ether oxygens (including phenoxy) is 1. The molecule has 3 aromatic rings. The molecule has 1 aromatic heterocycles. The number of nitrogens with zero attached hydrogens (tertiary/aromatic N) is 1. The van der Waals surface area contributed by atoms with E-state index in [0.29, 0.717) is 5.75 Å². The fourth-order valence-corrected chi connectivity index (χ4v) is 3.05. The van der Waals surface area contributed by atoms with Gasteiger partial charge in [-0.1, -0.05) is 48.0 Å². The number of pyridine rings is 1. The van der Waals surface area contributed by atoms with Gasteiger partial charge in [-0.2, -0.15) is 0 Å². The van der Waals surface area contributed by atoms with Gasteiger partial charge in [-0.15, -0.1) is 0 Å². The standard InChI is InChI=1S/C20H18N2O3S/c1-16-9-11-17(12-10-16)13-15-26(23,24)22-19-8-5-14-21-20(19)25-18-6-3-2-4-7-18/h2-15,22H,1H3/b15-13+. The van der Waals surface area contributed by atoms with Gasteiger partial charge in [0.15, 0.2) is 0 Å². The summed E-state index contributed by atoms with van der Waals surface area (Å²) < 4.78 is 32.9. The van der Waals surface area contributed by atoms with Gasteiger partial charge >= 0.3 is 0 Å². The average molecular weight is 366 g/mol. The molecular formula is C20H18N2O3S. The zero-order valence-electron chi connectivity index (χ0n) is 14.2. The molecule has 0 aliphatic heterocycles. The molecule has 3 rings (SSSR count). The number of sulfonamides is 1. The van der Waals surface area contributed by atoms with Crippen LogP contribution in [0, 0.1) is 6.92 Å². The second kappa shape index (κ2) is 7.84. The molecule has 0 bridgehead atoms. The molecule has 0 spiro atoms. The number of aryl methyl sites for hydroxylation is 1. The molecule has 5 nitrogen and oxygen atoms in total. The van der Waals surface area contributed by atoms with Crippen LogP contribution in [0.5, 0.6) is 11.6 Å². The van der Waals surface area contributed by atoms with Crippen molar-refractivity contribution in [3.63, 3.8) is 0 Å². The van der Waals surface area contributed by atoms with Crippen LogP contribution >= 0.6 is 0 Å². The molecule has 6 heteroatoms. The number of para-hydroxylation sites is 1. The van der Waals surface area contributed by atoms with Crippen molar-refractivity contribution in [3.05, 3.63) is 89.5 Å². The second-order valence-corrected chi connectivity index (χ2v) is 7.20. The molecule has 132 valence electrons. The lowest BCUT2D eigenvalue weighted by Gasteiger charge is -2.10. The SMILES string of the molecule is Cc1ccc(/C=C/S(=O)(=O)Nc2cccnc2Oc2ccccc2)cc1. The second-order valence-electron chi connectivity index (χ2n) is 5.63. The first-order chi connectivity index (χ1) is 12.5. The Bertz CT molecular complexity index is 999. The predicted octanol–water partition coefficient (Wildman–Crippen LogP) is 4.59. The van der Waals surface area contributed by atoms with Gasteiger partial charge in [-0.05, 0) is 42.8 Å². The van der Waals surface area contributed by atoms with E-state index in [-0.39, 0.29) is 11.6 Å². The number of benzene rings is 2. The Hall–Kier alpha value is -3.12. The molecule has 2 aromatic carbocycles. The zero-order valence-corrected chi connectivity index (χ0v) is 15.0. The highest BCUT2D eigenvalue weighted by atomic mass is 32.2. The van der Waals surface area contributed by atoms with Crippen LogP contribution in [0.3, 0.4) is 0 Å². The van der Waals surface area contributed by atoms with Crippen LogP contribution in [0.2, 0.25) is 0 Å². The predicted molar refractivity (Wildman–Crippen MR) is 104 cm³/mol. The number of nitrogens with one attached hydrogen (secondary N) is 1. The first-order valence-electron chi connectivity index (χ1n) is 7.97. The molecule has 0 radical (unpaired) electrons. The summed E-state index contributed by atoms with van der Waals surface area (Å²) in [5.41, 5.74) is 2.18. The fourth-order valence-electron chi connectivity index (χ4n) is 2.18. The van der Waals surface area contributed by atoms with Crippen LogP contribution in [0.1, 0.15) is 11.1 Å². The highest BCUT2D eigenvalue weighted by Gasteiger charge is 2.12. The summed E-state index contributed by atoms with van der Waals surface area (Å²) in [6, 6.07) is 19.9. The van der Waals surface area contributed by atoms with E-state index < -0.39 is 10.0 Å². The summed E-state index contributed by atoms with van der Waals surface area (Å²) in [6.45, 7) is 1.97. The van der Waals surface area contributed by atoms with Gasteiger partial charge in [0, 0.05) is 6.20 Å². The van der Waals surface area contributed by atoms with Crippen molar-refractivity contribution in [2.45, 2.75) is 6.92 Å². The minimum absolute atomic E-state index is 0.186. The normalized spacial score (nSPS) is 11.4. The summed E-state index contributed by atoms with van der Waals surface area (Å²) in [7, 11) is -3.71. The number of aromatic nitrogens is 1. The zero-order chi connectivity index (χ0) is 18.4. The molecule has 0 aliphatic rings. The Kier molecular flexibility index (Phi) is 5.34. The number of rotatable bonds is 6. The van der Waals surface area contributed by atoms with Crippen molar-refractivity contribution in [2.75, 3.05) is 4.72 Å². The minimum atomic E-state index is -3.71. The Balaban J connectivity index is 1.78. The van der Waals surface area contributed by atoms with E-state index >= 15 is 0 Å². The smallest absolute Gasteiger partial charge is 0.255 e. The third-order valence-corrected chi connectivity index (χ3v) is 4.50. The molecule has 1 heterocycles. The lowest BCUT2D eigenvalue weighted by Crippen LogP contribution is -2.10. The number of hydrogen-bond donors (Lipinski definition) is 1. The van der Waals surface area contributed by atoms with Gasteiger partial charge in [0.2, 0.25) is 5.88 Å². The molecule has 1 N–H and O–H groups in total. The fraction of sp³-hybridized carbons (Fsp3) is 0.0500. The molecular weight excluding hydrogens is 348 g/mol. The first-order valence-corrected chi connectivity index (χ1v) is 9.52. The maximum Gasteiger partial charge on any atom is 0.255 e. The van der Waals surface area contributed by atoms with E-state index in [1.165, 1.54) is 12.3 Å². The van der Waals surface area contributed by atoms with Crippen molar-refractivity contribution in [1.29, 1.82) is 0 Å². The van der Waals surface area contributed by atoms with Gasteiger partial charge in [0.25, 0.3) is 10.0 Å². The molecule has 26 heavy (non-hydrogen) atoms. The van der Waals surface area contributed by atoms with E-state index in [4.69, 9.17) is 4.74 Å². The number of hydrogen-bond acceptors (Lipinski definition) is 4. The number of anilines is 1. The van der Waals surface area contributed by atoms with Crippen molar-refractivity contribution in [2.24, 2.45) is 0 Å². The molecule has 0 saturated carbocycles. The Labute approximate surface area is 153 Å². The quantitative estimate of drug-likeness (QED) is 0.692. The van der Waals surface area contributed by atoms with E-state index in [1.54, 1.807) is 24.3 Å². The van der Waals surface area contributed by atoms with Crippen molar-refractivity contribution >= 4 is 21.8 Å². The Morgan fingerprint density at radius 2 is 1.69 bits per heavy atom. The van der Waals surface area contributed by atoms with Crippen LogP contribution in [0.25, 0.3) is 6.08 Å². The maximum absolute atomic E-state index is 12.4. The lowest BCUT2D eigenvalue weighted by molar-refractivity contribution is 0.465. The van der Waals surface area contributed by atoms with Crippen LogP contribution in [-0.4, -0.2) is 13.4 Å². The average Bonchev–Trinajstić information content (AvgIpc) is 2.64. The maximum atomic E-state index is 12.4. The summed E-state index contributed by atoms with van der Waals surface area (Å²) in [6.07, 6.45) is 3.08. The molecule has 0 saturated heterocycles. The van der Waals surface area contributed by atoms with E-state index in [2.05, 4.69) is 9.71 Å². The molecule has 0 atom stereocenters. The minimum Gasteiger partial charge on any atom is -0.437 e. The van der Waals surface area contributed by atoms with Crippen LogP contribution < -0.4 is 9.46 Å². The monoisotopic (exact) mass is 366 g/mol. The Morgan fingerprint density at radius 3 is 2.42 bits per heavy atom. The van der Waals surface area contributed by atoms with Crippen LogP contribution in [0.4, 0.5) is 5.69 Å². The third kappa shape index (κ3) is 4.94. The molecule has 0 amide bonds. The highest BCUT2D eigenvalue weighted by Crippen LogP contribution is 2.27. The molecule has 0 unspecified atom stereocenters. The summed E-state index contributed by atoms with van der Waals surface area (Å²) in [4.78, 5) is 4.11. The third-order valence-electron chi connectivity index (χ3n) is 3.50. The van der Waals surface area contributed by atoms with Gasteiger partial charge < -0.3 is 4.74 Å². The van der Waals surface area contributed by atoms with E-state index in [9.17, 15) is 8.42 Å². The van der Waals surface area contributed by atoms with Gasteiger partial charge in [0.1, 0.15) is 11.4 Å². The highest BCUT2D eigenvalue weighted by molar-refractivity contribution is 7.95. The van der Waals surface area contributed by atoms with Gasteiger partial charge in [-0.3, -0.25) is 4.72 Å². The summed E-state index contributed by atoms with van der Waals surface area (Å²) >= 11 is 0.